The number of nitrogens with one attached hydrogen (secondary N) is 2. The highest BCUT2D eigenvalue weighted by molar-refractivity contribution is 7.99. The lowest BCUT2D eigenvalue weighted by Crippen LogP contribution is -2.26. The summed E-state index contributed by atoms with van der Waals surface area (Å²) < 4.78 is 0. The summed E-state index contributed by atoms with van der Waals surface area (Å²) in [6.07, 6.45) is 2.47. The third-order valence-corrected chi connectivity index (χ3v) is 3.83. The van der Waals surface area contributed by atoms with Crippen LogP contribution in [0.5, 0.6) is 0 Å². The van der Waals surface area contributed by atoms with Crippen LogP contribution in [0.25, 0.3) is 0 Å². The predicted molar refractivity (Wildman–Crippen MR) is 74.6 cm³/mol. The van der Waals surface area contributed by atoms with Gasteiger partial charge in [0.1, 0.15) is 11.6 Å². The van der Waals surface area contributed by atoms with Crippen LogP contribution in [-0.4, -0.2) is 34.1 Å². The molecule has 1 aromatic heterocycles. The molecular weight excluding hydrogens is 234 g/mol. The van der Waals surface area contributed by atoms with Crippen molar-refractivity contribution in [2.45, 2.75) is 25.8 Å². The first-order valence-corrected chi connectivity index (χ1v) is 7.16. The summed E-state index contributed by atoms with van der Waals surface area (Å²) in [5, 5.41) is 6.58. The maximum absolute atomic E-state index is 5.69. The molecule has 1 atom stereocenters. The Morgan fingerprint density at radius 1 is 1.47 bits per heavy atom. The molecule has 0 amide bonds. The fourth-order valence-corrected chi connectivity index (χ4v) is 2.95. The van der Waals surface area contributed by atoms with Gasteiger partial charge in [0, 0.05) is 24.4 Å². The number of thioether (sulfide) groups is 1. The van der Waals surface area contributed by atoms with Gasteiger partial charge in [0.05, 0.1) is 0 Å². The molecule has 1 aromatic rings. The van der Waals surface area contributed by atoms with Crippen LogP contribution in [0.3, 0.4) is 0 Å². The Morgan fingerprint density at radius 2 is 2.29 bits per heavy atom. The predicted octanol–water partition coefficient (Wildman–Crippen LogP) is 1.80. The Kier molecular flexibility index (Phi) is 4.30. The number of rotatable bonds is 4. The highest BCUT2D eigenvalue weighted by atomic mass is 32.2. The van der Waals surface area contributed by atoms with Gasteiger partial charge < -0.3 is 16.4 Å². The molecule has 4 N–H and O–H groups in total. The van der Waals surface area contributed by atoms with E-state index in [4.69, 9.17) is 5.73 Å². The average molecular weight is 253 g/mol. The smallest absolute Gasteiger partial charge is 0.223 e. The first-order chi connectivity index (χ1) is 8.28. The minimum atomic E-state index is 0.314. The van der Waals surface area contributed by atoms with Crippen LogP contribution >= 0.6 is 11.8 Å². The Balaban J connectivity index is 2.03. The van der Waals surface area contributed by atoms with E-state index in [0.29, 0.717) is 12.0 Å². The Labute approximate surface area is 106 Å². The highest BCUT2D eigenvalue weighted by Crippen LogP contribution is 2.21. The maximum Gasteiger partial charge on any atom is 0.223 e. The third-order valence-electron chi connectivity index (χ3n) is 2.61. The van der Waals surface area contributed by atoms with Crippen LogP contribution in [0.15, 0.2) is 6.07 Å². The van der Waals surface area contributed by atoms with E-state index in [9.17, 15) is 0 Å². The second-order valence-corrected chi connectivity index (χ2v) is 5.24. The van der Waals surface area contributed by atoms with Gasteiger partial charge in [0.25, 0.3) is 0 Å². The molecule has 0 aliphatic carbocycles. The molecule has 1 saturated heterocycles. The molecule has 0 saturated carbocycles. The van der Waals surface area contributed by atoms with Gasteiger partial charge in [-0.05, 0) is 25.5 Å². The standard InChI is InChI=1S/C11H19N5S/c1-2-13-9-6-10(16-11(12)15-9)14-8-4-3-5-17-7-8/h6,8H,2-5,7H2,1H3,(H4,12,13,14,15,16). The second-order valence-electron chi connectivity index (χ2n) is 4.09. The van der Waals surface area contributed by atoms with E-state index in [0.717, 1.165) is 23.9 Å². The molecule has 17 heavy (non-hydrogen) atoms. The molecule has 0 aromatic carbocycles. The SMILES string of the molecule is CCNc1cc(NC2CCCSC2)nc(N)n1. The van der Waals surface area contributed by atoms with E-state index in [-0.39, 0.29) is 0 Å². The van der Waals surface area contributed by atoms with Crippen molar-refractivity contribution in [3.63, 3.8) is 0 Å². The molecule has 1 aliphatic heterocycles. The van der Waals surface area contributed by atoms with Gasteiger partial charge in [-0.2, -0.15) is 21.7 Å². The number of anilines is 3. The van der Waals surface area contributed by atoms with Gasteiger partial charge in [-0.15, -0.1) is 0 Å². The third kappa shape index (κ3) is 3.66. The van der Waals surface area contributed by atoms with Crippen molar-refractivity contribution < 1.29 is 0 Å². The summed E-state index contributed by atoms with van der Waals surface area (Å²) in [5.74, 6) is 4.33. The van der Waals surface area contributed by atoms with Gasteiger partial charge >= 0.3 is 0 Å². The van der Waals surface area contributed by atoms with Crippen molar-refractivity contribution in [1.29, 1.82) is 0 Å². The van der Waals surface area contributed by atoms with E-state index in [1.165, 1.54) is 18.6 Å². The molecule has 1 unspecified atom stereocenters. The first kappa shape index (κ1) is 12.3. The summed E-state index contributed by atoms with van der Waals surface area (Å²) in [6, 6.07) is 2.41. The minimum absolute atomic E-state index is 0.314. The summed E-state index contributed by atoms with van der Waals surface area (Å²) in [6.45, 7) is 2.86. The van der Waals surface area contributed by atoms with Crippen molar-refractivity contribution in [1.82, 2.24) is 9.97 Å². The Bertz CT molecular complexity index is 365. The van der Waals surface area contributed by atoms with E-state index in [1.54, 1.807) is 0 Å². The van der Waals surface area contributed by atoms with Crippen LogP contribution in [0.4, 0.5) is 17.6 Å². The van der Waals surface area contributed by atoms with Crippen LogP contribution in [0.1, 0.15) is 19.8 Å². The molecule has 5 nitrogen and oxygen atoms in total. The van der Waals surface area contributed by atoms with Crippen molar-refractivity contribution in [3.8, 4) is 0 Å². The van der Waals surface area contributed by atoms with Gasteiger partial charge in [-0.25, -0.2) is 0 Å². The molecular formula is C11H19N5S. The lowest BCUT2D eigenvalue weighted by molar-refractivity contribution is 0.682. The number of hydrogen-bond donors (Lipinski definition) is 3. The topological polar surface area (TPSA) is 75.9 Å². The zero-order valence-corrected chi connectivity index (χ0v) is 10.9. The van der Waals surface area contributed by atoms with Gasteiger partial charge in [0.15, 0.2) is 0 Å². The molecule has 6 heteroatoms. The fraction of sp³-hybridized carbons (Fsp3) is 0.636. The molecule has 2 rings (SSSR count). The van der Waals surface area contributed by atoms with Crippen molar-refractivity contribution >= 4 is 29.3 Å². The molecule has 0 radical (unpaired) electrons. The van der Waals surface area contributed by atoms with Gasteiger partial charge in [0.2, 0.25) is 5.95 Å². The molecule has 1 fully saturated rings. The molecule has 0 spiro atoms. The number of nitrogens with zero attached hydrogens (tertiary/aromatic N) is 2. The van der Waals surface area contributed by atoms with E-state index < -0.39 is 0 Å². The number of aromatic nitrogens is 2. The molecule has 2 heterocycles. The summed E-state index contributed by atoms with van der Waals surface area (Å²) in [4.78, 5) is 8.34. The summed E-state index contributed by atoms with van der Waals surface area (Å²) in [7, 11) is 0. The Hall–Kier alpha value is -1.17. The first-order valence-electron chi connectivity index (χ1n) is 6.00. The van der Waals surface area contributed by atoms with Gasteiger partial charge in [-0.1, -0.05) is 0 Å². The monoisotopic (exact) mass is 253 g/mol. The lowest BCUT2D eigenvalue weighted by Gasteiger charge is -2.23. The maximum atomic E-state index is 5.69. The number of nitrogen functional groups attached to an aromatic ring is 1. The van der Waals surface area contributed by atoms with Crippen LogP contribution < -0.4 is 16.4 Å². The molecule has 94 valence electrons. The number of nitrogens with two attached hydrogens (primary N) is 1. The second kappa shape index (κ2) is 5.95. The van der Waals surface area contributed by atoms with Crippen LogP contribution in [-0.2, 0) is 0 Å². The van der Waals surface area contributed by atoms with Crippen molar-refractivity contribution in [3.05, 3.63) is 6.07 Å². The largest absolute Gasteiger partial charge is 0.370 e. The minimum Gasteiger partial charge on any atom is -0.370 e. The van der Waals surface area contributed by atoms with E-state index >= 15 is 0 Å². The zero-order chi connectivity index (χ0) is 12.1. The summed E-state index contributed by atoms with van der Waals surface area (Å²) in [5.41, 5.74) is 5.69. The van der Waals surface area contributed by atoms with E-state index in [2.05, 4.69) is 20.6 Å². The van der Waals surface area contributed by atoms with Crippen LogP contribution in [0, 0.1) is 0 Å². The molecule has 1 aliphatic rings. The van der Waals surface area contributed by atoms with Gasteiger partial charge in [-0.3, -0.25) is 0 Å². The average Bonchev–Trinajstić information content (AvgIpc) is 2.30. The quantitative estimate of drug-likeness (QED) is 0.759. The highest BCUT2D eigenvalue weighted by Gasteiger charge is 2.14. The lowest BCUT2D eigenvalue weighted by atomic mass is 10.2. The zero-order valence-electron chi connectivity index (χ0n) is 10.1. The van der Waals surface area contributed by atoms with Crippen molar-refractivity contribution in [2.75, 3.05) is 34.4 Å². The fourth-order valence-electron chi connectivity index (χ4n) is 1.88. The normalized spacial score (nSPS) is 19.9. The van der Waals surface area contributed by atoms with Crippen molar-refractivity contribution in [2.24, 2.45) is 0 Å². The number of hydrogen-bond acceptors (Lipinski definition) is 6. The Morgan fingerprint density at radius 3 is 3.00 bits per heavy atom. The van der Waals surface area contributed by atoms with Crippen LogP contribution in [0.2, 0.25) is 0 Å². The summed E-state index contributed by atoms with van der Waals surface area (Å²) >= 11 is 1.99. The molecule has 0 bridgehead atoms. The van der Waals surface area contributed by atoms with E-state index in [1.807, 2.05) is 24.8 Å².